The number of aliphatic hydroxyl groups is 1. The standard InChI is InChI=1S/C51H66IN9O14/c1-6-50(5,52)33-20-42(65)60(48(33)69)15-11-39(62)54-14-17-72-16-12-40(63)59-43(27(3)4)46(67)58-34(10-8-9-13-53)45(66)56-23-41(64)55-22-29-28-18-37-38(75-26-74-37)21-35(28)57-44-30(29)24-61-36(44)19-32-31(47(61)68)25-73-49(70)51(32,71)7-2/h18-19,21,27,33-34,43,71H,6-17,20,22-26,53H2,1-5H3,(H,54,62)(H,55,64)(H,56,66)(H,58,67)(H,59,63)/t33?,34-,43-,50?,51-/m0/s1. The van der Waals surface area contributed by atoms with Crippen molar-refractivity contribution < 1.29 is 62.4 Å². The molecular formula is C51H66IN9O14. The van der Waals surface area contributed by atoms with Crippen LogP contribution in [0, 0.1) is 11.8 Å². The Bertz CT molecular complexity index is 2820. The minimum atomic E-state index is -2.03. The normalized spacial score (nSPS) is 18.9. The molecule has 7 rings (SSSR count). The van der Waals surface area contributed by atoms with Crippen molar-refractivity contribution in [3.8, 4) is 22.9 Å². The molecule has 5 atom stereocenters. The van der Waals surface area contributed by atoms with Crippen LogP contribution in [0.25, 0.3) is 22.3 Å². The highest BCUT2D eigenvalue weighted by Gasteiger charge is 2.47. The third-order valence-corrected chi connectivity index (χ3v) is 15.8. The molecule has 1 aromatic carbocycles. The Kier molecular flexibility index (Phi) is 18.2. The number of unbranched alkanes of at least 4 members (excludes halogenated alkanes) is 1. The summed E-state index contributed by atoms with van der Waals surface area (Å²) in [6, 6.07) is 2.92. The largest absolute Gasteiger partial charge is 0.458 e. The molecule has 0 spiro atoms. The van der Waals surface area contributed by atoms with Crippen LogP contribution in [0.4, 0.5) is 0 Å². The molecule has 1 fully saturated rings. The van der Waals surface area contributed by atoms with Crippen LogP contribution in [0.1, 0.15) is 108 Å². The van der Waals surface area contributed by atoms with Crippen molar-refractivity contribution in [2.24, 2.45) is 17.6 Å². The average molecular weight is 1160 g/mol. The molecule has 2 aromatic heterocycles. The van der Waals surface area contributed by atoms with Crippen molar-refractivity contribution >= 4 is 80.8 Å². The molecule has 0 saturated carbocycles. The van der Waals surface area contributed by atoms with Crippen molar-refractivity contribution in [1.82, 2.24) is 41.0 Å². The smallest absolute Gasteiger partial charge is 0.343 e. The number of ether oxygens (including phenoxy) is 4. The van der Waals surface area contributed by atoms with E-state index in [2.05, 4.69) is 49.2 Å². The highest BCUT2D eigenvalue weighted by molar-refractivity contribution is 14.1. The fourth-order valence-electron chi connectivity index (χ4n) is 9.56. The average Bonchev–Trinajstić information content (AvgIpc) is 4.10. The number of likely N-dealkylation sites (tertiary alicyclic amines) is 1. The molecule has 75 heavy (non-hydrogen) atoms. The molecular weight excluding hydrogens is 1090 g/mol. The summed E-state index contributed by atoms with van der Waals surface area (Å²) in [6.45, 7) is 8.73. The van der Waals surface area contributed by atoms with Crippen LogP contribution >= 0.6 is 22.6 Å². The van der Waals surface area contributed by atoms with E-state index in [0.717, 1.165) is 11.3 Å². The molecule has 1 saturated heterocycles. The van der Waals surface area contributed by atoms with E-state index in [1.807, 2.05) is 13.8 Å². The maximum Gasteiger partial charge on any atom is 0.343 e. The van der Waals surface area contributed by atoms with Gasteiger partial charge in [-0.2, -0.15) is 0 Å². The number of esters is 1. The Labute approximate surface area is 446 Å². The van der Waals surface area contributed by atoms with Crippen molar-refractivity contribution in [3.63, 3.8) is 0 Å². The SMILES string of the molecule is CCC(C)(I)C1CC(=O)N(CCC(=O)NCCOCCC(=O)N[C@H](C(=O)N[C@@H](CCCCN)C(=O)NCC(=O)NCc2c3c(nc4cc5c(cc24)OCO5)-c2cc4c(c(=O)n2C3)COC(=O)[C@]4(O)CC)C(C)C)C1=O. The number of benzene rings is 1. The van der Waals surface area contributed by atoms with Gasteiger partial charge in [0, 0.05) is 64.9 Å². The number of fused-ring (bicyclic) bond motifs is 6. The second kappa shape index (κ2) is 24.2. The molecule has 2 unspecified atom stereocenters. The van der Waals surface area contributed by atoms with Gasteiger partial charge in [0.1, 0.15) is 18.7 Å². The van der Waals surface area contributed by atoms with Gasteiger partial charge in [0.15, 0.2) is 17.1 Å². The summed E-state index contributed by atoms with van der Waals surface area (Å²) < 4.78 is 23.2. The van der Waals surface area contributed by atoms with Gasteiger partial charge < -0.3 is 60.9 Å². The number of aromatic nitrogens is 2. The number of amides is 7. The number of carbonyl (C=O) groups is 8. The molecule has 24 heteroatoms. The van der Waals surface area contributed by atoms with E-state index >= 15 is 0 Å². The van der Waals surface area contributed by atoms with Crippen molar-refractivity contribution in [1.29, 1.82) is 0 Å². The minimum absolute atomic E-state index is 0.00758. The zero-order chi connectivity index (χ0) is 54.4. The maximum atomic E-state index is 14.0. The quantitative estimate of drug-likeness (QED) is 0.0161. The number of rotatable bonds is 25. The number of pyridine rings is 2. The van der Waals surface area contributed by atoms with Crippen LogP contribution in [0.15, 0.2) is 23.0 Å². The molecule has 3 aromatic rings. The zero-order valence-electron chi connectivity index (χ0n) is 42.8. The summed E-state index contributed by atoms with van der Waals surface area (Å²) in [7, 11) is 0. The van der Waals surface area contributed by atoms with Gasteiger partial charge in [-0.1, -0.05) is 50.3 Å². The lowest BCUT2D eigenvalue weighted by Crippen LogP contribution is -2.56. The van der Waals surface area contributed by atoms with Gasteiger partial charge in [-0.15, -0.1) is 0 Å². The van der Waals surface area contributed by atoms with Crippen molar-refractivity contribution in [2.45, 2.75) is 127 Å². The van der Waals surface area contributed by atoms with E-state index < -0.39 is 65.3 Å². The number of carbonyl (C=O) groups excluding carboxylic acids is 8. The fraction of sp³-hybridized carbons (Fsp3) is 0.569. The molecule has 23 nitrogen and oxygen atoms in total. The summed E-state index contributed by atoms with van der Waals surface area (Å²) in [6.07, 6.45) is 1.89. The molecule has 4 aliphatic rings. The topological polar surface area (TPSA) is 318 Å². The molecule has 0 aliphatic carbocycles. The molecule has 0 bridgehead atoms. The first-order chi connectivity index (χ1) is 35.7. The van der Waals surface area contributed by atoms with E-state index in [0.29, 0.717) is 64.3 Å². The van der Waals surface area contributed by atoms with Gasteiger partial charge in [-0.3, -0.25) is 43.3 Å². The second-order valence-electron chi connectivity index (χ2n) is 19.6. The number of hydrogen-bond acceptors (Lipinski definition) is 16. The molecule has 6 heterocycles. The van der Waals surface area contributed by atoms with Gasteiger partial charge in [0.05, 0.1) is 54.7 Å². The predicted molar refractivity (Wildman–Crippen MR) is 278 cm³/mol. The van der Waals surface area contributed by atoms with E-state index in [1.165, 1.54) is 4.57 Å². The fourth-order valence-corrected chi connectivity index (χ4v) is 10.1. The molecule has 7 amide bonds. The first-order valence-electron chi connectivity index (χ1n) is 25.4. The molecule has 406 valence electrons. The van der Waals surface area contributed by atoms with Crippen molar-refractivity contribution in [2.75, 3.05) is 46.2 Å². The van der Waals surface area contributed by atoms with E-state index in [1.54, 1.807) is 39.0 Å². The molecule has 0 radical (unpaired) electrons. The Morgan fingerprint density at radius 2 is 1.68 bits per heavy atom. The Morgan fingerprint density at radius 1 is 0.933 bits per heavy atom. The predicted octanol–water partition coefficient (Wildman–Crippen LogP) is 1.19. The van der Waals surface area contributed by atoms with Gasteiger partial charge in [-0.25, -0.2) is 9.78 Å². The van der Waals surface area contributed by atoms with Gasteiger partial charge >= 0.3 is 5.97 Å². The monoisotopic (exact) mass is 1160 g/mol. The number of nitrogens with two attached hydrogens (primary N) is 1. The number of imide groups is 1. The highest BCUT2D eigenvalue weighted by atomic mass is 127. The zero-order valence-corrected chi connectivity index (χ0v) is 45.0. The lowest BCUT2D eigenvalue weighted by molar-refractivity contribution is -0.172. The number of halogens is 1. The number of hydrogen-bond donors (Lipinski definition) is 7. The van der Waals surface area contributed by atoms with Crippen LogP contribution < -0.4 is 47.4 Å². The van der Waals surface area contributed by atoms with Crippen LogP contribution in [-0.2, 0) is 73.1 Å². The third kappa shape index (κ3) is 12.4. The summed E-state index contributed by atoms with van der Waals surface area (Å²) in [5.74, 6) is -3.97. The maximum absolute atomic E-state index is 14.0. The van der Waals surface area contributed by atoms with Crippen LogP contribution in [-0.4, -0.2) is 129 Å². The minimum Gasteiger partial charge on any atom is -0.458 e. The molecule has 4 aliphatic heterocycles. The summed E-state index contributed by atoms with van der Waals surface area (Å²) >= 11 is 2.21. The summed E-state index contributed by atoms with van der Waals surface area (Å²) in [5.41, 5.74) is 6.01. The Balaban J connectivity index is 0.913. The van der Waals surface area contributed by atoms with Crippen LogP contribution in [0.2, 0.25) is 0 Å². The Hall–Kier alpha value is -6.25. The van der Waals surface area contributed by atoms with E-state index in [-0.39, 0.29) is 123 Å². The van der Waals surface area contributed by atoms with Gasteiger partial charge in [-0.05, 0) is 69.2 Å². The van der Waals surface area contributed by atoms with E-state index in [4.69, 9.17) is 29.7 Å². The van der Waals surface area contributed by atoms with Gasteiger partial charge in [0.2, 0.25) is 48.1 Å². The highest BCUT2D eigenvalue weighted by Crippen LogP contribution is 2.43. The number of nitrogens with zero attached hydrogens (tertiary/aromatic N) is 3. The van der Waals surface area contributed by atoms with E-state index in [9.17, 15) is 48.3 Å². The second-order valence-corrected chi connectivity index (χ2v) is 22.1. The Morgan fingerprint density at radius 3 is 2.39 bits per heavy atom. The first-order valence-corrected chi connectivity index (χ1v) is 26.4. The number of nitrogens with one attached hydrogen (secondary N) is 5. The van der Waals surface area contributed by atoms with Crippen molar-refractivity contribution in [3.05, 3.63) is 50.8 Å². The first kappa shape index (κ1) is 56.5. The lowest BCUT2D eigenvalue weighted by atomic mass is 9.86. The molecule has 8 N–H and O–H groups in total. The van der Waals surface area contributed by atoms with Crippen LogP contribution in [0.5, 0.6) is 11.5 Å². The lowest BCUT2D eigenvalue weighted by Gasteiger charge is -2.31. The van der Waals surface area contributed by atoms with Gasteiger partial charge in [0.25, 0.3) is 5.56 Å². The third-order valence-electron chi connectivity index (χ3n) is 14.3. The number of cyclic esters (lactones) is 1. The summed E-state index contributed by atoms with van der Waals surface area (Å²) in [5, 5.41) is 25.6. The van der Waals surface area contributed by atoms with Crippen LogP contribution in [0.3, 0.4) is 0 Å². The summed E-state index contributed by atoms with van der Waals surface area (Å²) in [4.78, 5) is 125. The number of alkyl halides is 1.